The first kappa shape index (κ1) is 9.80. The van der Waals surface area contributed by atoms with Gasteiger partial charge in [-0.1, -0.05) is 13.8 Å². The standard InChI is InChI=1S/C10H13NO2S/c1-5(2)10-9-7(13)3-6(12)4-8(9)14-11-10/h5-6,12H,3-4H2,1-2H3. The lowest BCUT2D eigenvalue weighted by molar-refractivity contribution is 0.0855. The summed E-state index contributed by atoms with van der Waals surface area (Å²) >= 11 is 1.36. The molecular weight excluding hydrogens is 198 g/mol. The number of nitrogens with zero attached hydrogens (tertiary/aromatic N) is 1. The minimum Gasteiger partial charge on any atom is -0.392 e. The van der Waals surface area contributed by atoms with Crippen LogP contribution in [0.25, 0.3) is 0 Å². The number of rotatable bonds is 1. The summed E-state index contributed by atoms with van der Waals surface area (Å²) in [4.78, 5) is 12.6. The average molecular weight is 211 g/mol. The van der Waals surface area contributed by atoms with Crippen molar-refractivity contribution in [2.75, 3.05) is 0 Å². The molecule has 1 aliphatic carbocycles. The molecule has 14 heavy (non-hydrogen) atoms. The lowest BCUT2D eigenvalue weighted by atomic mass is 9.91. The number of carbonyl (C=O) groups is 1. The van der Waals surface area contributed by atoms with Crippen molar-refractivity contribution in [1.82, 2.24) is 4.37 Å². The second-order valence-corrected chi connectivity index (χ2v) is 4.86. The number of Topliss-reactive ketones (excluding diaryl/α,β-unsaturated/α-hetero) is 1. The Labute approximate surface area is 86.9 Å². The van der Waals surface area contributed by atoms with Gasteiger partial charge in [-0.25, -0.2) is 0 Å². The minimum atomic E-state index is -0.504. The topological polar surface area (TPSA) is 50.2 Å². The van der Waals surface area contributed by atoms with Crippen molar-refractivity contribution in [2.45, 2.75) is 38.7 Å². The Morgan fingerprint density at radius 2 is 2.21 bits per heavy atom. The maximum absolute atomic E-state index is 11.7. The van der Waals surface area contributed by atoms with Crippen molar-refractivity contribution in [3.05, 3.63) is 16.1 Å². The zero-order chi connectivity index (χ0) is 10.3. The summed E-state index contributed by atoms with van der Waals surface area (Å²) in [6.07, 6.45) is 0.340. The first-order valence-electron chi connectivity index (χ1n) is 4.79. The third-order valence-corrected chi connectivity index (χ3v) is 3.34. The van der Waals surface area contributed by atoms with E-state index in [4.69, 9.17) is 0 Å². The Bertz CT molecular complexity index is 370. The molecular formula is C10H13NO2S. The summed E-state index contributed by atoms with van der Waals surface area (Å²) in [5.41, 5.74) is 1.69. The monoisotopic (exact) mass is 211 g/mol. The molecule has 0 saturated carbocycles. The van der Waals surface area contributed by atoms with Gasteiger partial charge in [0.1, 0.15) is 0 Å². The van der Waals surface area contributed by atoms with E-state index < -0.39 is 6.10 Å². The van der Waals surface area contributed by atoms with Gasteiger partial charge in [0.05, 0.1) is 17.4 Å². The highest BCUT2D eigenvalue weighted by Gasteiger charge is 2.29. The van der Waals surface area contributed by atoms with Crippen molar-refractivity contribution in [2.24, 2.45) is 0 Å². The fourth-order valence-electron chi connectivity index (χ4n) is 1.77. The molecule has 0 bridgehead atoms. The average Bonchev–Trinajstić information content (AvgIpc) is 2.47. The molecule has 0 amide bonds. The van der Waals surface area contributed by atoms with Crippen LogP contribution in [0.2, 0.25) is 0 Å². The number of aromatic nitrogens is 1. The number of aliphatic hydroxyl groups excluding tert-OH is 1. The van der Waals surface area contributed by atoms with E-state index in [1.807, 2.05) is 13.8 Å². The van der Waals surface area contributed by atoms with E-state index in [0.717, 1.165) is 16.1 Å². The molecule has 2 rings (SSSR count). The lowest BCUT2D eigenvalue weighted by Gasteiger charge is -2.16. The van der Waals surface area contributed by atoms with Gasteiger partial charge in [0.2, 0.25) is 0 Å². The van der Waals surface area contributed by atoms with Crippen LogP contribution >= 0.6 is 11.5 Å². The minimum absolute atomic E-state index is 0.0520. The van der Waals surface area contributed by atoms with Crippen molar-refractivity contribution >= 4 is 17.3 Å². The smallest absolute Gasteiger partial charge is 0.168 e. The van der Waals surface area contributed by atoms with Crippen LogP contribution in [-0.4, -0.2) is 21.4 Å². The molecule has 0 radical (unpaired) electrons. The van der Waals surface area contributed by atoms with Gasteiger partial charge in [-0.3, -0.25) is 4.79 Å². The van der Waals surface area contributed by atoms with E-state index in [1.54, 1.807) is 0 Å². The summed E-state index contributed by atoms with van der Waals surface area (Å²) in [5.74, 6) is 0.338. The van der Waals surface area contributed by atoms with Crippen molar-refractivity contribution in [3.63, 3.8) is 0 Å². The molecule has 0 aromatic carbocycles. The van der Waals surface area contributed by atoms with Gasteiger partial charge in [-0.05, 0) is 17.5 Å². The maximum atomic E-state index is 11.7. The Kier molecular flexibility index (Phi) is 2.41. The van der Waals surface area contributed by atoms with Crippen LogP contribution in [0.15, 0.2) is 0 Å². The predicted molar refractivity (Wildman–Crippen MR) is 54.9 cm³/mol. The second-order valence-electron chi connectivity index (χ2n) is 4.01. The molecule has 4 heteroatoms. The fraction of sp³-hybridized carbons (Fsp3) is 0.600. The summed E-state index contributed by atoms with van der Waals surface area (Å²) in [6.45, 7) is 4.07. The largest absolute Gasteiger partial charge is 0.392 e. The highest BCUT2D eigenvalue weighted by Crippen LogP contribution is 2.31. The predicted octanol–water partition coefficient (Wildman–Crippen LogP) is 1.76. The molecule has 0 aliphatic heterocycles. The summed E-state index contributed by atoms with van der Waals surface area (Å²) in [7, 11) is 0. The number of ketones is 1. The van der Waals surface area contributed by atoms with E-state index in [2.05, 4.69) is 4.37 Å². The molecule has 1 N–H and O–H groups in total. The van der Waals surface area contributed by atoms with Gasteiger partial charge in [0, 0.05) is 17.7 Å². The van der Waals surface area contributed by atoms with Gasteiger partial charge in [-0.15, -0.1) is 0 Å². The Hall–Kier alpha value is -0.740. The van der Waals surface area contributed by atoms with E-state index in [0.29, 0.717) is 6.42 Å². The van der Waals surface area contributed by atoms with E-state index in [9.17, 15) is 9.90 Å². The molecule has 1 heterocycles. The zero-order valence-electron chi connectivity index (χ0n) is 8.28. The van der Waals surface area contributed by atoms with Crippen LogP contribution in [0.3, 0.4) is 0 Å². The SMILES string of the molecule is CC(C)c1nsc2c1C(=O)CC(O)C2. The number of fused-ring (bicyclic) bond motifs is 1. The second kappa shape index (κ2) is 3.44. The first-order chi connectivity index (χ1) is 6.59. The van der Waals surface area contributed by atoms with Crippen LogP contribution in [0.5, 0.6) is 0 Å². The lowest BCUT2D eigenvalue weighted by Crippen LogP contribution is -2.23. The third kappa shape index (κ3) is 1.48. The van der Waals surface area contributed by atoms with Gasteiger partial charge < -0.3 is 5.11 Å². The molecule has 0 saturated heterocycles. The normalized spacial score (nSPS) is 21.4. The molecule has 1 unspecified atom stereocenters. The highest BCUT2D eigenvalue weighted by molar-refractivity contribution is 7.06. The van der Waals surface area contributed by atoms with Gasteiger partial charge in [0.15, 0.2) is 5.78 Å². The van der Waals surface area contributed by atoms with Crippen molar-refractivity contribution in [3.8, 4) is 0 Å². The van der Waals surface area contributed by atoms with E-state index in [1.165, 1.54) is 11.5 Å². The zero-order valence-corrected chi connectivity index (χ0v) is 9.10. The van der Waals surface area contributed by atoms with Gasteiger partial charge in [0.25, 0.3) is 0 Å². The number of hydrogen-bond donors (Lipinski definition) is 1. The molecule has 0 fully saturated rings. The fourth-order valence-corrected chi connectivity index (χ4v) is 2.86. The van der Waals surface area contributed by atoms with E-state index in [-0.39, 0.29) is 18.1 Å². The summed E-state index contributed by atoms with van der Waals surface area (Å²) < 4.78 is 4.29. The van der Waals surface area contributed by atoms with Crippen molar-refractivity contribution in [1.29, 1.82) is 0 Å². The van der Waals surface area contributed by atoms with Crippen LogP contribution in [0.1, 0.15) is 47.1 Å². The number of aliphatic hydroxyl groups is 1. The van der Waals surface area contributed by atoms with Crippen LogP contribution < -0.4 is 0 Å². The number of carbonyl (C=O) groups excluding carboxylic acids is 1. The molecule has 3 nitrogen and oxygen atoms in total. The number of hydrogen-bond acceptors (Lipinski definition) is 4. The van der Waals surface area contributed by atoms with Crippen molar-refractivity contribution < 1.29 is 9.90 Å². The third-order valence-electron chi connectivity index (χ3n) is 2.46. The Balaban J connectivity index is 2.47. The maximum Gasteiger partial charge on any atom is 0.168 e. The van der Waals surface area contributed by atoms with E-state index >= 15 is 0 Å². The molecule has 1 aromatic heterocycles. The van der Waals surface area contributed by atoms with Gasteiger partial charge in [-0.2, -0.15) is 4.37 Å². The molecule has 1 aliphatic rings. The molecule has 0 spiro atoms. The quantitative estimate of drug-likeness (QED) is 0.770. The first-order valence-corrected chi connectivity index (χ1v) is 5.56. The Morgan fingerprint density at radius 3 is 2.86 bits per heavy atom. The van der Waals surface area contributed by atoms with Crippen LogP contribution in [0.4, 0.5) is 0 Å². The van der Waals surface area contributed by atoms with Crippen LogP contribution in [-0.2, 0) is 6.42 Å². The molecule has 1 atom stereocenters. The van der Waals surface area contributed by atoms with Gasteiger partial charge >= 0.3 is 0 Å². The summed E-state index contributed by atoms with van der Waals surface area (Å²) in [6, 6.07) is 0. The molecule has 76 valence electrons. The Morgan fingerprint density at radius 1 is 1.50 bits per heavy atom. The highest BCUT2D eigenvalue weighted by atomic mass is 32.1. The van der Waals surface area contributed by atoms with Crippen LogP contribution in [0, 0.1) is 0 Å². The summed E-state index contributed by atoms with van der Waals surface area (Å²) in [5, 5.41) is 9.43. The molecule has 1 aromatic rings.